The van der Waals surface area contributed by atoms with Crippen molar-refractivity contribution in [2.45, 2.75) is 20.0 Å². The van der Waals surface area contributed by atoms with Crippen molar-refractivity contribution in [3.05, 3.63) is 0 Å². The van der Waals surface area contributed by atoms with Crippen LogP contribution in [0, 0.1) is 0 Å². The van der Waals surface area contributed by atoms with Crippen molar-refractivity contribution in [3.63, 3.8) is 0 Å². The minimum absolute atomic E-state index is 0.0246. The molecule has 0 saturated carbocycles. The molecule has 1 aromatic rings. The summed E-state index contributed by atoms with van der Waals surface area (Å²) in [7, 11) is 1.77. The van der Waals surface area contributed by atoms with Crippen molar-refractivity contribution in [3.8, 4) is 6.01 Å². The predicted octanol–water partition coefficient (Wildman–Crippen LogP) is -0.481. The molecule has 2 N–H and O–H groups in total. The quantitative estimate of drug-likeness (QED) is 0.789. The Balaban J connectivity index is 2.20. The number of nitrogens with zero attached hydrogens (tertiary/aromatic N) is 5. The molecule has 8 heteroatoms. The maximum Gasteiger partial charge on any atom is 0.323 e. The summed E-state index contributed by atoms with van der Waals surface area (Å²) in [6, 6.07) is 0.184. The van der Waals surface area contributed by atoms with Crippen LogP contribution in [0.1, 0.15) is 13.8 Å². The summed E-state index contributed by atoms with van der Waals surface area (Å²) in [6.07, 6.45) is -0.0521. The largest absolute Gasteiger partial charge is 0.461 e. The Labute approximate surface area is 111 Å². The lowest BCUT2D eigenvalue weighted by molar-refractivity contribution is -0.129. The highest BCUT2D eigenvalue weighted by Gasteiger charge is 2.24. The molecule has 0 aromatic carbocycles. The van der Waals surface area contributed by atoms with Crippen molar-refractivity contribution in [1.82, 2.24) is 19.9 Å². The number of likely N-dealkylation sites (N-methyl/N-ethyl adjacent to an activating group) is 1. The lowest BCUT2D eigenvalue weighted by atomic mass is 10.3. The minimum atomic E-state index is -0.0521. The standard InChI is InChI=1S/C11H18N6O2/c1-7(2)19-11-14-9(12)13-10(15-11)17-5-4-16(3)8(18)6-17/h7H,4-6H2,1-3H3,(H2,12,13,14,15). The van der Waals surface area contributed by atoms with E-state index >= 15 is 0 Å². The molecule has 1 aromatic heterocycles. The summed E-state index contributed by atoms with van der Waals surface area (Å²) >= 11 is 0. The molecule has 1 saturated heterocycles. The van der Waals surface area contributed by atoms with Crippen LogP contribution in [-0.2, 0) is 4.79 Å². The van der Waals surface area contributed by atoms with Crippen molar-refractivity contribution in [1.29, 1.82) is 0 Å². The predicted molar refractivity (Wildman–Crippen MR) is 69.9 cm³/mol. The first-order valence-electron chi connectivity index (χ1n) is 6.13. The number of nitrogens with two attached hydrogens (primary N) is 1. The summed E-state index contributed by atoms with van der Waals surface area (Å²) < 4.78 is 5.41. The van der Waals surface area contributed by atoms with Gasteiger partial charge in [0.1, 0.15) is 0 Å². The molecule has 1 amide bonds. The first-order valence-corrected chi connectivity index (χ1v) is 6.13. The number of piperazine rings is 1. The molecule has 1 aliphatic rings. The molecule has 104 valence electrons. The molecule has 8 nitrogen and oxygen atoms in total. The van der Waals surface area contributed by atoms with E-state index in [0.29, 0.717) is 19.0 Å². The van der Waals surface area contributed by atoms with Gasteiger partial charge in [0.05, 0.1) is 12.6 Å². The van der Waals surface area contributed by atoms with Crippen LogP contribution >= 0.6 is 0 Å². The summed E-state index contributed by atoms with van der Waals surface area (Å²) in [5, 5.41) is 0. The highest BCUT2D eigenvalue weighted by Crippen LogP contribution is 2.16. The van der Waals surface area contributed by atoms with Crippen molar-refractivity contribution < 1.29 is 9.53 Å². The number of ether oxygens (including phenoxy) is 1. The third-order valence-corrected chi connectivity index (χ3v) is 2.70. The van der Waals surface area contributed by atoms with E-state index in [9.17, 15) is 4.79 Å². The molecule has 0 unspecified atom stereocenters. The second-order valence-corrected chi connectivity index (χ2v) is 4.68. The summed E-state index contributed by atoms with van der Waals surface area (Å²) in [4.78, 5) is 27.3. The van der Waals surface area contributed by atoms with Gasteiger partial charge in [0, 0.05) is 20.1 Å². The van der Waals surface area contributed by atoms with Gasteiger partial charge >= 0.3 is 6.01 Å². The molecule has 1 aliphatic heterocycles. The topological polar surface area (TPSA) is 97.5 Å². The van der Waals surface area contributed by atoms with Crippen LogP contribution in [0.2, 0.25) is 0 Å². The number of carbonyl (C=O) groups is 1. The van der Waals surface area contributed by atoms with Crippen LogP contribution in [0.3, 0.4) is 0 Å². The van der Waals surface area contributed by atoms with Gasteiger partial charge in [0.2, 0.25) is 17.8 Å². The fourth-order valence-electron chi connectivity index (χ4n) is 1.70. The lowest BCUT2D eigenvalue weighted by Gasteiger charge is -2.31. The summed E-state index contributed by atoms with van der Waals surface area (Å²) in [6.45, 7) is 5.27. The number of rotatable bonds is 3. The lowest BCUT2D eigenvalue weighted by Crippen LogP contribution is -2.49. The van der Waals surface area contributed by atoms with Crippen LogP contribution < -0.4 is 15.4 Å². The van der Waals surface area contributed by atoms with Gasteiger partial charge in [-0.15, -0.1) is 0 Å². The maximum absolute atomic E-state index is 11.7. The summed E-state index contributed by atoms with van der Waals surface area (Å²) in [5.41, 5.74) is 5.64. The maximum atomic E-state index is 11.7. The zero-order valence-electron chi connectivity index (χ0n) is 11.3. The van der Waals surface area contributed by atoms with Gasteiger partial charge in [-0.3, -0.25) is 4.79 Å². The van der Waals surface area contributed by atoms with E-state index < -0.39 is 0 Å². The van der Waals surface area contributed by atoms with Crippen LogP contribution in [0.5, 0.6) is 6.01 Å². The van der Waals surface area contributed by atoms with Gasteiger partial charge in [0.25, 0.3) is 0 Å². The van der Waals surface area contributed by atoms with Gasteiger partial charge < -0.3 is 20.3 Å². The van der Waals surface area contributed by atoms with Gasteiger partial charge in [-0.1, -0.05) is 0 Å². The Morgan fingerprint density at radius 3 is 2.63 bits per heavy atom. The molecule has 1 fully saturated rings. The van der Waals surface area contributed by atoms with Gasteiger partial charge in [-0.05, 0) is 13.8 Å². The number of anilines is 2. The van der Waals surface area contributed by atoms with E-state index in [4.69, 9.17) is 10.5 Å². The highest BCUT2D eigenvalue weighted by atomic mass is 16.5. The van der Waals surface area contributed by atoms with E-state index in [1.165, 1.54) is 0 Å². The van der Waals surface area contributed by atoms with Gasteiger partial charge in [-0.25, -0.2) is 0 Å². The van der Waals surface area contributed by atoms with E-state index in [0.717, 1.165) is 0 Å². The number of carbonyl (C=O) groups excluding carboxylic acids is 1. The molecule has 0 aliphatic carbocycles. The van der Waals surface area contributed by atoms with Crippen LogP contribution in [0.25, 0.3) is 0 Å². The third kappa shape index (κ3) is 3.21. The minimum Gasteiger partial charge on any atom is -0.461 e. The Morgan fingerprint density at radius 2 is 2.00 bits per heavy atom. The Hall–Kier alpha value is -2.12. The average molecular weight is 266 g/mol. The van der Waals surface area contributed by atoms with Crippen LogP contribution in [-0.4, -0.2) is 58.5 Å². The van der Waals surface area contributed by atoms with E-state index in [-0.39, 0.29) is 30.5 Å². The SMILES string of the molecule is CC(C)Oc1nc(N)nc(N2CCN(C)C(=O)C2)n1. The third-order valence-electron chi connectivity index (χ3n) is 2.70. The fourth-order valence-corrected chi connectivity index (χ4v) is 1.70. The average Bonchev–Trinajstić information content (AvgIpc) is 2.31. The van der Waals surface area contributed by atoms with Crippen LogP contribution in [0.4, 0.5) is 11.9 Å². The molecular weight excluding hydrogens is 248 g/mol. The smallest absolute Gasteiger partial charge is 0.323 e. The molecule has 0 spiro atoms. The monoisotopic (exact) mass is 266 g/mol. The van der Waals surface area contributed by atoms with Crippen molar-refractivity contribution >= 4 is 17.8 Å². The van der Waals surface area contributed by atoms with Crippen LogP contribution in [0.15, 0.2) is 0 Å². The molecular formula is C11H18N6O2. The normalized spacial score (nSPS) is 16.1. The van der Waals surface area contributed by atoms with E-state index in [2.05, 4.69) is 15.0 Å². The Kier molecular flexibility index (Phi) is 3.68. The Bertz CT molecular complexity index is 478. The molecule has 0 atom stereocenters. The van der Waals surface area contributed by atoms with Crippen molar-refractivity contribution in [2.24, 2.45) is 0 Å². The first-order chi connectivity index (χ1) is 8.95. The molecule has 2 heterocycles. The number of hydrogen-bond donors (Lipinski definition) is 1. The van der Waals surface area contributed by atoms with E-state index in [1.807, 2.05) is 13.8 Å². The second-order valence-electron chi connectivity index (χ2n) is 4.68. The molecule has 0 radical (unpaired) electrons. The first kappa shape index (κ1) is 13.3. The van der Waals surface area contributed by atoms with Crippen molar-refractivity contribution in [2.75, 3.05) is 37.3 Å². The number of hydrogen-bond acceptors (Lipinski definition) is 7. The fraction of sp³-hybridized carbons (Fsp3) is 0.636. The van der Waals surface area contributed by atoms with E-state index in [1.54, 1.807) is 16.8 Å². The highest BCUT2D eigenvalue weighted by molar-refractivity contribution is 5.81. The number of nitrogen functional groups attached to an aromatic ring is 1. The zero-order valence-corrected chi connectivity index (χ0v) is 11.3. The molecule has 0 bridgehead atoms. The summed E-state index contributed by atoms with van der Waals surface area (Å²) in [5.74, 6) is 0.494. The molecule has 19 heavy (non-hydrogen) atoms. The van der Waals surface area contributed by atoms with Gasteiger partial charge in [-0.2, -0.15) is 15.0 Å². The second kappa shape index (κ2) is 5.25. The number of amides is 1. The number of aromatic nitrogens is 3. The van der Waals surface area contributed by atoms with Gasteiger partial charge in [0.15, 0.2) is 0 Å². The molecule has 2 rings (SSSR count). The Morgan fingerprint density at radius 1 is 1.26 bits per heavy atom. The zero-order chi connectivity index (χ0) is 14.0.